The van der Waals surface area contributed by atoms with Crippen molar-refractivity contribution in [2.24, 2.45) is 0 Å². The molecule has 0 bridgehead atoms. The number of halogens is 4. The van der Waals surface area contributed by atoms with Crippen LogP contribution in [0, 0.1) is 0 Å². The number of hydrogen-bond donors (Lipinski definition) is 4. The number of hydrogen-bond acceptors (Lipinski definition) is 6. The molecule has 4 N–H and O–H groups in total. The predicted molar refractivity (Wildman–Crippen MR) is 163 cm³/mol. The number of fused-ring (bicyclic) bond motifs is 1. The molecule has 0 fully saturated rings. The maximum absolute atomic E-state index is 12.4. The molecule has 2 atom stereocenters. The normalized spacial score (nSPS) is 13.6. The molecule has 0 radical (unpaired) electrons. The molecule has 1 aromatic heterocycles. The van der Waals surface area contributed by atoms with E-state index in [1.54, 1.807) is 22.8 Å². The molecule has 4 aromatic rings. The number of alkyl halides is 3. The molecule has 0 aliphatic rings. The number of aromatic nitrogens is 1. The maximum atomic E-state index is 12.4. The lowest BCUT2D eigenvalue weighted by Gasteiger charge is -2.18. The van der Waals surface area contributed by atoms with Gasteiger partial charge in [-0.05, 0) is 72.5 Å². The van der Waals surface area contributed by atoms with Gasteiger partial charge < -0.3 is 25.4 Å². The van der Waals surface area contributed by atoms with Crippen LogP contribution in [0.5, 0.6) is 0 Å². The van der Waals surface area contributed by atoms with Gasteiger partial charge in [-0.2, -0.15) is 13.2 Å². The zero-order valence-corrected chi connectivity index (χ0v) is 25.5. The number of anilines is 1. The van der Waals surface area contributed by atoms with Gasteiger partial charge in [0.1, 0.15) is 17.3 Å². The van der Waals surface area contributed by atoms with Gasteiger partial charge in [0.25, 0.3) is 0 Å². The van der Waals surface area contributed by atoms with E-state index < -0.39 is 39.7 Å². The average Bonchev–Trinajstić information content (AvgIpc) is 3.28. The molecule has 1 heterocycles. The molecule has 43 heavy (non-hydrogen) atoms. The van der Waals surface area contributed by atoms with E-state index in [9.17, 15) is 36.6 Å². The van der Waals surface area contributed by atoms with Gasteiger partial charge in [0.05, 0.1) is 6.10 Å². The molecule has 0 saturated carbocycles. The van der Waals surface area contributed by atoms with E-state index >= 15 is 0 Å². The van der Waals surface area contributed by atoms with Gasteiger partial charge >= 0.3 is 12.1 Å². The van der Waals surface area contributed by atoms with Crippen molar-refractivity contribution < 1.29 is 36.6 Å². The van der Waals surface area contributed by atoms with Crippen LogP contribution >= 0.6 is 15.9 Å². The number of aliphatic hydroxyl groups is 1. The molecule has 0 amide bonds. The summed E-state index contributed by atoms with van der Waals surface area (Å²) in [5.74, 6) is -3.86. The average molecular weight is 683 g/mol. The summed E-state index contributed by atoms with van der Waals surface area (Å²) in [5, 5.41) is 27.0. The highest BCUT2D eigenvalue weighted by atomic mass is 79.9. The van der Waals surface area contributed by atoms with Crippen molar-refractivity contribution in [2.75, 3.05) is 23.5 Å². The number of nitrogens with one attached hydrogen (secondary N) is 2. The molecular formula is C30H31BrF3N3O5S. The lowest BCUT2D eigenvalue weighted by atomic mass is 10.0. The third kappa shape index (κ3) is 9.30. The van der Waals surface area contributed by atoms with Crippen molar-refractivity contribution in [3.8, 4) is 0 Å². The van der Waals surface area contributed by atoms with Crippen LogP contribution in [-0.2, 0) is 22.8 Å². The van der Waals surface area contributed by atoms with Crippen LogP contribution in [0.2, 0.25) is 0 Å². The van der Waals surface area contributed by atoms with Crippen molar-refractivity contribution in [1.29, 1.82) is 0 Å². The molecule has 0 aliphatic heterocycles. The van der Waals surface area contributed by atoms with Gasteiger partial charge in [-0.1, -0.05) is 46.3 Å². The molecule has 230 valence electrons. The van der Waals surface area contributed by atoms with E-state index in [0.29, 0.717) is 24.2 Å². The minimum absolute atomic E-state index is 0.0378. The molecule has 8 nitrogen and oxygen atoms in total. The van der Waals surface area contributed by atoms with Gasteiger partial charge in [-0.3, -0.25) is 0 Å². The van der Waals surface area contributed by atoms with E-state index in [4.69, 9.17) is 0 Å². The van der Waals surface area contributed by atoms with Crippen molar-refractivity contribution in [2.45, 2.75) is 38.2 Å². The third-order valence-electron chi connectivity index (χ3n) is 6.79. The molecule has 4 rings (SSSR count). The number of nitrogens with zero attached hydrogens (tertiary/aromatic N) is 1. The molecule has 3 aromatic carbocycles. The van der Waals surface area contributed by atoms with Crippen LogP contribution < -0.4 is 10.6 Å². The van der Waals surface area contributed by atoms with Crippen LogP contribution in [-0.4, -0.2) is 59.6 Å². The summed E-state index contributed by atoms with van der Waals surface area (Å²) < 4.78 is 63.2. The fourth-order valence-corrected chi connectivity index (χ4v) is 6.17. The monoisotopic (exact) mass is 681 g/mol. The zero-order valence-electron chi connectivity index (χ0n) is 23.1. The minimum atomic E-state index is -4.81. The molecule has 13 heteroatoms. The van der Waals surface area contributed by atoms with E-state index in [0.717, 1.165) is 26.5 Å². The molecule has 0 aliphatic carbocycles. The van der Waals surface area contributed by atoms with Crippen molar-refractivity contribution >= 4 is 48.3 Å². The van der Waals surface area contributed by atoms with Gasteiger partial charge in [-0.15, -0.1) is 0 Å². The van der Waals surface area contributed by atoms with Gasteiger partial charge in [0.15, 0.2) is 9.84 Å². The smallest absolute Gasteiger partial charge is 0.402 e. The van der Waals surface area contributed by atoms with Crippen molar-refractivity contribution in [3.05, 3.63) is 99.7 Å². The summed E-state index contributed by atoms with van der Waals surface area (Å²) in [6.07, 6.45) is -4.82. The van der Waals surface area contributed by atoms with Crippen LogP contribution in [0.4, 0.5) is 18.9 Å². The Morgan fingerprint density at radius 1 is 1.02 bits per heavy atom. The first kappa shape index (κ1) is 32.5. The summed E-state index contributed by atoms with van der Waals surface area (Å²) in [5.41, 5.74) is 3.65. The van der Waals surface area contributed by atoms with E-state index in [-0.39, 0.29) is 18.3 Å². The standard InChI is InChI=1S/C30H31BrF3N3O5S/c1-19(35-15-28(38)22-3-2-4-24(31)13-22)11-21-7-10-26-23(12-21)14-27(29(39)40)37(26)16-20-5-8-25(9-6-20)36-18-43(41,42)17-30(32,33)34/h2-10,12-14,19,28,35-36,38H,11,15-18H2,1H3,(H,39,40). The van der Waals surface area contributed by atoms with Gasteiger partial charge in [0.2, 0.25) is 0 Å². The summed E-state index contributed by atoms with van der Waals surface area (Å²) in [6.45, 7) is 2.59. The van der Waals surface area contributed by atoms with Crippen molar-refractivity contribution in [3.63, 3.8) is 0 Å². The number of carboxylic acids is 1. The number of aromatic carboxylic acids is 1. The van der Waals surface area contributed by atoms with Gasteiger partial charge in [0, 0.05) is 40.2 Å². The number of aliphatic hydroxyl groups excluding tert-OH is 1. The lowest BCUT2D eigenvalue weighted by Crippen LogP contribution is -2.32. The molecule has 0 spiro atoms. The first-order valence-corrected chi connectivity index (χ1v) is 15.9. The van der Waals surface area contributed by atoms with Crippen LogP contribution in [0.15, 0.2) is 77.3 Å². The first-order chi connectivity index (χ1) is 20.2. The number of carboxylic acid groups (broad SMARTS) is 1. The summed E-state index contributed by atoms with van der Waals surface area (Å²) in [6, 6.07) is 21.2. The number of sulfone groups is 1. The van der Waals surface area contributed by atoms with Gasteiger partial charge in [-0.25, -0.2) is 13.2 Å². The highest BCUT2D eigenvalue weighted by Crippen LogP contribution is 2.25. The predicted octanol–water partition coefficient (Wildman–Crippen LogP) is 5.75. The summed E-state index contributed by atoms with van der Waals surface area (Å²) >= 11 is 3.41. The Balaban J connectivity index is 1.42. The highest BCUT2D eigenvalue weighted by molar-refractivity contribution is 9.10. The highest BCUT2D eigenvalue weighted by Gasteiger charge is 2.34. The van der Waals surface area contributed by atoms with E-state index in [1.165, 1.54) is 12.1 Å². The second-order valence-corrected chi connectivity index (χ2v) is 13.4. The number of rotatable bonds is 13. The second kappa shape index (κ2) is 13.5. The quantitative estimate of drug-likeness (QED) is 0.142. The Hall–Kier alpha value is -3.39. The fraction of sp³-hybridized carbons (Fsp3) is 0.300. The Kier molecular flexibility index (Phi) is 10.2. The Morgan fingerprint density at radius 2 is 1.72 bits per heavy atom. The van der Waals surface area contributed by atoms with Crippen LogP contribution in [0.25, 0.3) is 10.9 Å². The van der Waals surface area contributed by atoms with Crippen LogP contribution in [0.1, 0.15) is 40.2 Å². The largest absolute Gasteiger partial charge is 0.477 e. The lowest BCUT2D eigenvalue weighted by molar-refractivity contribution is -0.106. The van der Waals surface area contributed by atoms with Crippen molar-refractivity contribution in [1.82, 2.24) is 9.88 Å². The molecular weight excluding hydrogens is 651 g/mol. The SMILES string of the molecule is CC(Cc1ccc2c(c1)cc(C(=O)O)n2Cc1ccc(NCS(=O)(=O)CC(F)(F)F)cc1)NCC(O)c1cccc(Br)c1. The summed E-state index contributed by atoms with van der Waals surface area (Å²) in [4.78, 5) is 12.1. The number of carbonyl (C=O) groups is 1. The van der Waals surface area contributed by atoms with E-state index in [2.05, 4.69) is 26.6 Å². The Morgan fingerprint density at radius 3 is 2.37 bits per heavy atom. The minimum Gasteiger partial charge on any atom is -0.477 e. The first-order valence-electron chi connectivity index (χ1n) is 13.3. The second-order valence-electron chi connectivity index (χ2n) is 10.4. The molecule has 2 unspecified atom stereocenters. The Labute approximate surface area is 255 Å². The fourth-order valence-electron chi connectivity index (χ4n) is 4.77. The maximum Gasteiger partial charge on any atom is 0.402 e. The van der Waals surface area contributed by atoms with E-state index in [1.807, 2.05) is 49.4 Å². The topological polar surface area (TPSA) is 121 Å². The molecule has 0 saturated heterocycles. The third-order valence-corrected chi connectivity index (χ3v) is 8.64. The summed E-state index contributed by atoms with van der Waals surface area (Å²) in [7, 11) is -4.38. The zero-order chi connectivity index (χ0) is 31.4. The Bertz CT molecular complexity index is 1690. The number of benzene rings is 3. The van der Waals surface area contributed by atoms with Crippen LogP contribution in [0.3, 0.4) is 0 Å².